The maximum Gasteiger partial charge on any atom is 0.222 e. The number of anilines is 1. The van der Waals surface area contributed by atoms with Gasteiger partial charge in [-0.1, -0.05) is 0 Å². The quantitative estimate of drug-likeness (QED) is 0.635. The second kappa shape index (κ2) is 4.56. The molecule has 0 saturated carbocycles. The van der Waals surface area contributed by atoms with E-state index in [1.54, 1.807) is 28.7 Å². The molecule has 1 N–H and O–H groups in total. The topological polar surface area (TPSA) is 70.0 Å². The molecule has 0 saturated heterocycles. The van der Waals surface area contributed by atoms with E-state index in [9.17, 15) is 12.8 Å². The minimum absolute atomic E-state index is 0.0403. The van der Waals surface area contributed by atoms with Gasteiger partial charge in [0.05, 0.1) is 9.26 Å². The molecule has 0 bridgehead atoms. The van der Waals surface area contributed by atoms with Crippen LogP contribution in [0.3, 0.4) is 0 Å². The van der Waals surface area contributed by atoms with Crippen LogP contribution in [0.5, 0.6) is 0 Å². The van der Waals surface area contributed by atoms with Crippen molar-refractivity contribution in [3.63, 3.8) is 0 Å². The van der Waals surface area contributed by atoms with Gasteiger partial charge in [-0.25, -0.2) is 12.8 Å². The van der Waals surface area contributed by atoms with E-state index < -0.39 is 16.7 Å². The third-order valence-corrected chi connectivity index (χ3v) is 2.67. The Labute approximate surface area is 95.0 Å². The minimum Gasteiger partial charge on any atom is -0.284 e. The van der Waals surface area contributed by atoms with Gasteiger partial charge in [0.2, 0.25) is 10.9 Å². The summed E-state index contributed by atoms with van der Waals surface area (Å²) in [6.45, 7) is 0. The maximum atomic E-state index is 13.2. The smallest absolute Gasteiger partial charge is 0.222 e. The normalized spacial score (nSPS) is 9.86. The molecule has 0 spiro atoms. The Hall–Kier alpha value is -0.880. The fourth-order valence-corrected chi connectivity index (χ4v) is 1.68. The molecule has 1 rings (SSSR count). The van der Waals surface area contributed by atoms with E-state index in [1.807, 2.05) is 4.72 Å². The summed E-state index contributed by atoms with van der Waals surface area (Å²) in [4.78, 5) is 0. The Kier molecular flexibility index (Phi) is 3.65. The van der Waals surface area contributed by atoms with E-state index in [1.165, 1.54) is 12.1 Å². The van der Waals surface area contributed by atoms with Crippen molar-refractivity contribution in [2.75, 3.05) is 4.72 Å². The zero-order chi connectivity index (χ0) is 10.7. The highest BCUT2D eigenvalue weighted by Gasteiger charge is 2.11. The van der Waals surface area contributed by atoms with Gasteiger partial charge >= 0.3 is 0 Å². The predicted molar refractivity (Wildman–Crippen MR) is 57.8 cm³/mol. The number of benzene rings is 1. The van der Waals surface area contributed by atoms with Crippen molar-refractivity contribution in [2.24, 2.45) is 0 Å². The molecule has 0 aromatic heterocycles. The third kappa shape index (κ3) is 2.33. The van der Waals surface area contributed by atoms with Crippen molar-refractivity contribution in [3.8, 4) is 6.07 Å². The zero-order valence-corrected chi connectivity index (χ0v) is 9.67. The van der Waals surface area contributed by atoms with Crippen molar-refractivity contribution < 1.29 is 12.8 Å². The highest BCUT2D eigenvalue weighted by molar-refractivity contribution is 14.1. The molecule has 0 atom stereocenters. The van der Waals surface area contributed by atoms with Crippen LogP contribution >= 0.6 is 22.6 Å². The summed E-state index contributed by atoms with van der Waals surface area (Å²) in [6.07, 6.45) is 0. The molecule has 0 aliphatic heterocycles. The number of nitrogens with zero attached hydrogens (tertiary/aromatic N) is 1. The van der Waals surface area contributed by atoms with Crippen LogP contribution in [-0.2, 0) is 10.9 Å². The molecule has 0 fully saturated rings. The van der Waals surface area contributed by atoms with Gasteiger partial charge in [-0.3, -0.25) is 4.72 Å². The lowest BCUT2D eigenvalue weighted by Gasteiger charge is -2.03. The van der Waals surface area contributed by atoms with Crippen LogP contribution in [-0.4, -0.2) is 8.42 Å². The van der Waals surface area contributed by atoms with E-state index in [4.69, 9.17) is 5.26 Å². The van der Waals surface area contributed by atoms with Gasteiger partial charge in [0.15, 0.2) is 5.82 Å². The summed E-state index contributed by atoms with van der Waals surface area (Å²) in [6, 6.07) is 4.33. The van der Waals surface area contributed by atoms with Gasteiger partial charge < -0.3 is 0 Å². The molecule has 7 heteroatoms. The highest BCUT2D eigenvalue weighted by Crippen LogP contribution is 2.22. The molecule has 0 heterocycles. The Morgan fingerprint density at radius 2 is 2.14 bits per heavy atom. The van der Waals surface area contributed by atoms with Crippen LogP contribution in [0.25, 0.3) is 0 Å². The SMILES string of the molecule is N#Cc1c(N[SH](=O)=O)ccc(I)c1F. The molecular formula is C7H4FIN2O2S. The van der Waals surface area contributed by atoms with Gasteiger partial charge in [-0.15, -0.1) is 0 Å². The van der Waals surface area contributed by atoms with Gasteiger partial charge in [-0.2, -0.15) is 5.26 Å². The lowest BCUT2D eigenvalue weighted by atomic mass is 10.2. The molecular weight excluding hydrogens is 322 g/mol. The summed E-state index contributed by atoms with van der Waals surface area (Å²) in [5, 5.41) is 8.61. The van der Waals surface area contributed by atoms with Gasteiger partial charge in [0.25, 0.3) is 0 Å². The van der Waals surface area contributed by atoms with Crippen molar-refractivity contribution in [1.82, 2.24) is 0 Å². The molecule has 0 aliphatic rings. The van der Waals surface area contributed by atoms with Gasteiger partial charge in [-0.05, 0) is 34.7 Å². The molecule has 0 radical (unpaired) electrons. The Balaban J connectivity index is 3.32. The van der Waals surface area contributed by atoms with E-state index >= 15 is 0 Å². The second-order valence-corrected chi connectivity index (χ2v) is 4.16. The first-order chi connectivity index (χ1) is 6.56. The van der Waals surface area contributed by atoms with Crippen molar-refractivity contribution in [3.05, 3.63) is 27.1 Å². The first-order valence-electron chi connectivity index (χ1n) is 3.35. The zero-order valence-electron chi connectivity index (χ0n) is 6.62. The standard InChI is InChI=1S/C7H4FIN2O2S/c8-7-4(3-10)6(11-14(12)13)2-1-5(7)9/h1-2,14H,(H,11,12,13). The maximum absolute atomic E-state index is 13.2. The lowest BCUT2D eigenvalue weighted by molar-refractivity contribution is 0.615. The first kappa shape index (κ1) is 11.2. The minimum atomic E-state index is -2.89. The molecule has 0 amide bonds. The summed E-state index contributed by atoms with van der Waals surface area (Å²) >= 11 is 1.72. The monoisotopic (exact) mass is 326 g/mol. The van der Waals surface area contributed by atoms with Crippen molar-refractivity contribution >= 4 is 39.2 Å². The van der Waals surface area contributed by atoms with Crippen LogP contribution < -0.4 is 4.72 Å². The molecule has 0 unspecified atom stereocenters. The Bertz CT molecular complexity index is 473. The number of hydrogen-bond acceptors (Lipinski definition) is 3. The molecule has 1 aromatic rings. The Morgan fingerprint density at radius 3 is 2.64 bits per heavy atom. The molecule has 74 valence electrons. The van der Waals surface area contributed by atoms with Crippen molar-refractivity contribution in [2.45, 2.75) is 0 Å². The summed E-state index contributed by atoms with van der Waals surface area (Å²) in [5.41, 5.74) is -0.336. The number of hydrogen-bond donors (Lipinski definition) is 2. The Morgan fingerprint density at radius 1 is 1.50 bits per heavy atom. The number of halogens is 2. The summed E-state index contributed by atoms with van der Waals surface area (Å²) < 4.78 is 36.1. The van der Waals surface area contributed by atoms with E-state index in [-0.39, 0.29) is 14.8 Å². The first-order valence-corrected chi connectivity index (χ1v) is 5.61. The van der Waals surface area contributed by atoms with Crippen molar-refractivity contribution in [1.29, 1.82) is 5.26 Å². The van der Waals surface area contributed by atoms with E-state index in [0.29, 0.717) is 0 Å². The third-order valence-electron chi connectivity index (χ3n) is 1.42. The van der Waals surface area contributed by atoms with Crippen LogP contribution in [0.2, 0.25) is 0 Å². The predicted octanol–water partition coefficient (Wildman–Crippen LogP) is 1.24. The molecule has 14 heavy (non-hydrogen) atoms. The number of thiol groups is 1. The average molecular weight is 326 g/mol. The molecule has 4 nitrogen and oxygen atoms in total. The molecule has 1 aromatic carbocycles. The average Bonchev–Trinajstić information content (AvgIpc) is 2.11. The summed E-state index contributed by atoms with van der Waals surface area (Å²) in [5.74, 6) is -0.713. The highest BCUT2D eigenvalue weighted by atomic mass is 127. The number of rotatable bonds is 2. The second-order valence-electron chi connectivity index (χ2n) is 2.26. The van der Waals surface area contributed by atoms with E-state index in [0.717, 1.165) is 0 Å². The van der Waals surface area contributed by atoms with Crippen LogP contribution in [0.15, 0.2) is 12.1 Å². The number of nitrogens with one attached hydrogen (secondary N) is 1. The van der Waals surface area contributed by atoms with Crippen LogP contribution in [0.4, 0.5) is 10.1 Å². The van der Waals surface area contributed by atoms with Gasteiger partial charge in [0, 0.05) is 0 Å². The fraction of sp³-hybridized carbons (Fsp3) is 0. The fourth-order valence-electron chi connectivity index (χ4n) is 0.851. The van der Waals surface area contributed by atoms with Crippen LogP contribution in [0, 0.1) is 20.7 Å². The molecule has 0 aliphatic carbocycles. The van der Waals surface area contributed by atoms with Gasteiger partial charge in [0.1, 0.15) is 11.6 Å². The number of nitriles is 1. The summed E-state index contributed by atoms with van der Waals surface area (Å²) in [7, 11) is -2.89. The largest absolute Gasteiger partial charge is 0.284 e. The van der Waals surface area contributed by atoms with E-state index in [2.05, 4.69) is 0 Å². The lowest BCUT2D eigenvalue weighted by Crippen LogP contribution is -2.00. The van der Waals surface area contributed by atoms with Crippen LogP contribution in [0.1, 0.15) is 5.56 Å².